The second-order valence-corrected chi connectivity index (χ2v) is 6.84. The summed E-state index contributed by atoms with van der Waals surface area (Å²) in [5.41, 5.74) is 2.15. The van der Waals surface area contributed by atoms with E-state index in [1.54, 1.807) is 0 Å². The van der Waals surface area contributed by atoms with Gasteiger partial charge in [0.1, 0.15) is 0 Å². The monoisotopic (exact) mass is 310 g/mol. The Balaban J connectivity index is 1.68. The Hall–Kier alpha value is -0.580. The molecule has 5 heteroatoms. The molecule has 1 N–H and O–H groups in total. The van der Waals surface area contributed by atoms with Gasteiger partial charge < -0.3 is 5.32 Å². The zero-order chi connectivity index (χ0) is 14.8. The number of likely N-dealkylation sites (tertiary alicyclic amines) is 1. The van der Waals surface area contributed by atoms with Crippen LogP contribution in [0.2, 0.25) is 5.02 Å². The van der Waals surface area contributed by atoms with Gasteiger partial charge in [0.15, 0.2) is 0 Å². The number of piperidine rings is 1. The van der Waals surface area contributed by atoms with E-state index in [0.29, 0.717) is 6.04 Å². The Labute approximate surface area is 132 Å². The molecule has 1 aromatic rings. The van der Waals surface area contributed by atoms with Crippen molar-refractivity contribution in [2.75, 3.05) is 13.1 Å². The molecule has 0 radical (unpaired) electrons. The van der Waals surface area contributed by atoms with E-state index in [2.05, 4.69) is 26.9 Å². The predicted octanol–water partition coefficient (Wildman–Crippen LogP) is 2.97. The van der Waals surface area contributed by atoms with Crippen molar-refractivity contribution in [2.24, 2.45) is 0 Å². The molecule has 1 saturated heterocycles. The van der Waals surface area contributed by atoms with Crippen LogP contribution in [0.4, 0.5) is 0 Å². The maximum atomic E-state index is 6.47. The van der Waals surface area contributed by atoms with E-state index in [0.717, 1.165) is 36.4 Å². The summed E-state index contributed by atoms with van der Waals surface area (Å²) in [7, 11) is 0. The van der Waals surface area contributed by atoms with Gasteiger partial charge in [-0.1, -0.05) is 18.0 Å². The molecule has 2 heterocycles. The highest BCUT2D eigenvalue weighted by molar-refractivity contribution is 6.31. The Bertz CT molecular complexity index is 481. The topological polar surface area (TPSA) is 33.1 Å². The minimum Gasteiger partial charge on any atom is -0.312 e. The molecule has 0 aromatic carbocycles. The van der Waals surface area contributed by atoms with Crippen LogP contribution in [0, 0.1) is 6.92 Å². The summed E-state index contributed by atoms with van der Waals surface area (Å²) in [6.07, 6.45) is 6.68. The van der Waals surface area contributed by atoms with Crippen molar-refractivity contribution in [1.29, 1.82) is 0 Å². The van der Waals surface area contributed by atoms with Crippen molar-refractivity contribution < 1.29 is 0 Å². The Morgan fingerprint density at radius 2 is 2.10 bits per heavy atom. The molecule has 1 aromatic heterocycles. The maximum absolute atomic E-state index is 6.47. The Morgan fingerprint density at radius 3 is 2.81 bits per heavy atom. The van der Waals surface area contributed by atoms with Crippen LogP contribution >= 0.6 is 11.6 Å². The highest BCUT2D eigenvalue weighted by Gasteiger charge is 2.27. The van der Waals surface area contributed by atoms with Gasteiger partial charge in [-0.25, -0.2) is 0 Å². The molecule has 1 saturated carbocycles. The maximum Gasteiger partial charge on any atom is 0.0860 e. The summed E-state index contributed by atoms with van der Waals surface area (Å²) in [5, 5.41) is 9.10. The average Bonchev–Trinajstić information content (AvgIpc) is 3.28. The molecule has 21 heavy (non-hydrogen) atoms. The third-order valence-corrected chi connectivity index (χ3v) is 5.27. The van der Waals surface area contributed by atoms with E-state index >= 15 is 0 Å². The third kappa shape index (κ3) is 3.61. The van der Waals surface area contributed by atoms with Crippen LogP contribution in [0.25, 0.3) is 0 Å². The van der Waals surface area contributed by atoms with Crippen molar-refractivity contribution >= 4 is 11.6 Å². The second kappa shape index (κ2) is 6.67. The van der Waals surface area contributed by atoms with E-state index in [4.69, 9.17) is 11.6 Å². The number of nitrogens with one attached hydrogen (secondary N) is 1. The molecule has 3 rings (SSSR count). The molecule has 0 spiro atoms. The van der Waals surface area contributed by atoms with E-state index < -0.39 is 0 Å². The van der Waals surface area contributed by atoms with Crippen LogP contribution in [0.3, 0.4) is 0 Å². The lowest BCUT2D eigenvalue weighted by molar-refractivity contribution is 0.133. The molecule has 118 valence electrons. The number of rotatable bonds is 6. The second-order valence-electron chi connectivity index (χ2n) is 6.46. The lowest BCUT2D eigenvalue weighted by Crippen LogP contribution is -2.45. The molecule has 2 fully saturated rings. The molecule has 0 amide bonds. The van der Waals surface area contributed by atoms with Crippen molar-refractivity contribution in [3.63, 3.8) is 0 Å². The highest BCUT2D eigenvalue weighted by Crippen LogP contribution is 2.26. The third-order valence-electron chi connectivity index (χ3n) is 4.77. The summed E-state index contributed by atoms with van der Waals surface area (Å²) in [4.78, 5) is 2.60. The predicted molar refractivity (Wildman–Crippen MR) is 86.7 cm³/mol. The summed E-state index contributed by atoms with van der Waals surface area (Å²) in [6, 6.07) is 1.44. The van der Waals surface area contributed by atoms with E-state index in [1.807, 2.05) is 6.92 Å². The summed E-state index contributed by atoms with van der Waals surface area (Å²) in [5.74, 6) is 0. The minimum absolute atomic E-state index is 0.649. The van der Waals surface area contributed by atoms with Crippen LogP contribution in [-0.4, -0.2) is 39.9 Å². The number of hydrogen-bond donors (Lipinski definition) is 1. The molecule has 1 unspecified atom stereocenters. The summed E-state index contributed by atoms with van der Waals surface area (Å²) < 4.78 is 2.07. The minimum atomic E-state index is 0.649. The highest BCUT2D eigenvalue weighted by atomic mass is 35.5. The fourth-order valence-electron chi connectivity index (χ4n) is 3.30. The summed E-state index contributed by atoms with van der Waals surface area (Å²) >= 11 is 6.47. The number of hydrogen-bond acceptors (Lipinski definition) is 3. The molecule has 4 nitrogen and oxygen atoms in total. The molecule has 0 bridgehead atoms. The van der Waals surface area contributed by atoms with Crippen LogP contribution < -0.4 is 5.32 Å². The first-order valence-electron chi connectivity index (χ1n) is 8.38. The Morgan fingerprint density at radius 1 is 1.29 bits per heavy atom. The first kappa shape index (κ1) is 15.3. The van der Waals surface area contributed by atoms with Gasteiger partial charge in [0.25, 0.3) is 0 Å². The number of nitrogens with zero attached hydrogens (tertiary/aromatic N) is 3. The van der Waals surface area contributed by atoms with Gasteiger partial charge in [0.05, 0.1) is 16.4 Å². The smallest absolute Gasteiger partial charge is 0.0860 e. The van der Waals surface area contributed by atoms with Crippen molar-refractivity contribution in [1.82, 2.24) is 20.0 Å². The van der Waals surface area contributed by atoms with Crippen LogP contribution in [0.5, 0.6) is 0 Å². The van der Waals surface area contributed by atoms with Crippen LogP contribution in [0.15, 0.2) is 0 Å². The van der Waals surface area contributed by atoms with Crippen LogP contribution in [-0.2, 0) is 13.1 Å². The number of aromatic nitrogens is 2. The van der Waals surface area contributed by atoms with Gasteiger partial charge in [-0.15, -0.1) is 0 Å². The molecule has 1 atom stereocenters. The normalized spacial score (nSPS) is 23.7. The van der Waals surface area contributed by atoms with E-state index in [-0.39, 0.29) is 0 Å². The van der Waals surface area contributed by atoms with Gasteiger partial charge >= 0.3 is 0 Å². The van der Waals surface area contributed by atoms with Gasteiger partial charge in [0.2, 0.25) is 0 Å². The number of halogens is 1. The zero-order valence-corrected chi connectivity index (χ0v) is 14.0. The van der Waals surface area contributed by atoms with Gasteiger partial charge in [-0.3, -0.25) is 9.58 Å². The Kier molecular flexibility index (Phi) is 4.87. The van der Waals surface area contributed by atoms with Crippen molar-refractivity contribution in [2.45, 2.75) is 71.1 Å². The lowest BCUT2D eigenvalue weighted by atomic mass is 10.0. The first-order chi connectivity index (χ1) is 10.2. The van der Waals surface area contributed by atoms with Crippen molar-refractivity contribution in [3.05, 3.63) is 16.4 Å². The average molecular weight is 311 g/mol. The molecule has 2 aliphatic rings. The molecule has 1 aliphatic carbocycles. The van der Waals surface area contributed by atoms with Crippen molar-refractivity contribution in [3.8, 4) is 0 Å². The molecular formula is C16H27ClN4. The first-order valence-corrected chi connectivity index (χ1v) is 8.76. The van der Waals surface area contributed by atoms with Gasteiger partial charge in [0, 0.05) is 31.7 Å². The van der Waals surface area contributed by atoms with E-state index in [1.165, 1.54) is 44.3 Å². The number of aryl methyl sites for hydroxylation is 2. The van der Waals surface area contributed by atoms with Crippen LogP contribution in [0.1, 0.15) is 50.4 Å². The zero-order valence-electron chi connectivity index (χ0n) is 13.2. The molecular weight excluding hydrogens is 284 g/mol. The quantitative estimate of drug-likeness (QED) is 0.877. The lowest BCUT2D eigenvalue weighted by Gasteiger charge is -2.36. The van der Waals surface area contributed by atoms with E-state index in [9.17, 15) is 0 Å². The standard InChI is InChI=1S/C16H27ClN4/c1-3-21-15(16(17)12(2)19-21)11-20-9-5-4-6-14(20)10-18-13-7-8-13/h13-14,18H,3-11H2,1-2H3. The fourth-order valence-corrected chi connectivity index (χ4v) is 3.50. The van der Waals surface area contributed by atoms with Gasteiger partial charge in [-0.05, 0) is 46.1 Å². The SMILES string of the molecule is CCn1nc(C)c(Cl)c1CN1CCCCC1CNC1CC1. The molecule has 1 aliphatic heterocycles. The largest absolute Gasteiger partial charge is 0.312 e. The summed E-state index contributed by atoms with van der Waals surface area (Å²) in [6.45, 7) is 8.27. The fraction of sp³-hybridized carbons (Fsp3) is 0.812. The van der Waals surface area contributed by atoms with Gasteiger partial charge in [-0.2, -0.15) is 5.10 Å².